The Morgan fingerprint density at radius 3 is 1.78 bits per heavy atom. The van der Waals surface area contributed by atoms with Crippen molar-refractivity contribution < 1.29 is 137 Å². The number of imidazole rings is 1. The van der Waals surface area contributed by atoms with Gasteiger partial charge in [0, 0.05) is 47.6 Å². The van der Waals surface area contributed by atoms with Gasteiger partial charge in [-0.05, 0) is 66.0 Å². The van der Waals surface area contributed by atoms with Crippen molar-refractivity contribution in [2.24, 2.45) is 11.5 Å². The molecule has 1 fully saturated rings. The van der Waals surface area contributed by atoms with Crippen LogP contribution in [0.25, 0.3) is 6.08 Å². The van der Waals surface area contributed by atoms with Gasteiger partial charge in [-0.25, -0.2) is 4.57 Å². The highest BCUT2D eigenvalue weighted by Crippen LogP contribution is 2.19. The summed E-state index contributed by atoms with van der Waals surface area (Å²) in [6.07, 6.45) is -17.4. The van der Waals surface area contributed by atoms with Gasteiger partial charge in [-0.2, -0.15) is 0 Å². The average Bonchev–Trinajstić information content (AvgIpc) is 1.72. The Balaban J connectivity index is 1.42. The van der Waals surface area contributed by atoms with Crippen molar-refractivity contribution in [1.82, 2.24) is 68.4 Å². The number of aliphatic hydroxyl groups excluding tert-OH is 9. The van der Waals surface area contributed by atoms with Crippen LogP contribution in [-0.4, -0.2) is 281 Å². The molecule has 119 heavy (non-hydrogen) atoms. The van der Waals surface area contributed by atoms with Gasteiger partial charge in [0.2, 0.25) is 88.8 Å². The number of allylic oxidation sites excluding steroid dienone is 2. The van der Waals surface area contributed by atoms with Crippen LogP contribution < -0.4 is 89.9 Å². The van der Waals surface area contributed by atoms with Gasteiger partial charge in [-0.15, -0.1) is 0 Å². The Hall–Kier alpha value is -11.2. The van der Waals surface area contributed by atoms with Crippen molar-refractivity contribution in [2.75, 3.05) is 26.4 Å². The quantitative estimate of drug-likeness (QED) is 0.0325. The summed E-state index contributed by atoms with van der Waals surface area (Å²) in [5, 5.41) is 140. The number of nitrogens with one attached hydrogen (secondary N) is 12. The van der Waals surface area contributed by atoms with Crippen molar-refractivity contribution in [3.8, 4) is 0 Å². The second-order valence-corrected chi connectivity index (χ2v) is 30.0. The van der Waals surface area contributed by atoms with Crippen molar-refractivity contribution in [3.05, 3.63) is 140 Å². The van der Waals surface area contributed by atoms with Crippen LogP contribution >= 0.6 is 31.9 Å². The van der Waals surface area contributed by atoms with Gasteiger partial charge in [0.05, 0.1) is 69.0 Å². The van der Waals surface area contributed by atoms with Crippen LogP contribution in [0, 0.1) is 0 Å². The Morgan fingerprint density at radius 1 is 0.613 bits per heavy atom. The number of carbonyl (C=O) groups excluding carboxylic acids is 15. The van der Waals surface area contributed by atoms with Crippen molar-refractivity contribution in [1.29, 1.82) is 0 Å². The van der Waals surface area contributed by atoms with E-state index in [4.69, 9.17) is 21.0 Å². The number of nitrogens with two attached hydrogens (primary N) is 2. The molecule has 7 rings (SSSR count). The molecule has 3 aliphatic heterocycles. The molecular weight excluding hydrogens is 1700 g/mol. The number of nitrogens with zero attached hydrogens (tertiary/aromatic N) is 2. The molecule has 25 N–H and O–H groups in total. The normalized spacial score (nSPS) is 27.5. The first-order valence-corrected chi connectivity index (χ1v) is 38.5. The zero-order valence-corrected chi connectivity index (χ0v) is 66.9. The second-order valence-electron chi connectivity index (χ2n) is 28.2. The molecule has 1 saturated heterocycles. The Kier molecular flexibility index (Phi) is 36.0. The van der Waals surface area contributed by atoms with E-state index in [1.54, 1.807) is 61.5 Å². The standard InChI is InChI=1S/C74H94Br2N16O27/c1-34(8-9-36-10-14-39(75)15-11-36)20-52(97)43-27-57(101)82-50(30-93)69(111)87-49-29-91-28-41(92(33-91)119-53-32-118-74(117)62(104)60(53)102)23-46(66(108)89-58(35(2)95)71(113)88-51(31-94)70(112)84-45(65(107)83-43)21-37-6-4-3-5-7-37)80-56(100)25-42(96)24-48(73(115)116)81-55(99)18-19-79-64(106)44(22-38-12-16-40(76)17-13-38)86-72(114)59(61(103)63(78)105)90-67(109)47(26-54(77)98)85-68(49)110/h3-17,20,28,33,35,42-53,58-62,74,93-97,102-104,117H,18-19,21-27,29-32H2,1-2H3,(H16-,77,78,79,80,81,82,83,84,85,86,87,88,89,90,98,99,100,101,105,106,107,108,109,110,111,112,113,114,115,116)/b9-8+,34-20+/t35-,42+,43-,44-,45-,46-,47-,48-,49+,50-,51-,52-,53+,58-,59-,60+,61+,62-,74+/m0/s1. The van der Waals surface area contributed by atoms with E-state index in [0.29, 0.717) is 31.5 Å². The van der Waals surface area contributed by atoms with Gasteiger partial charge in [0.1, 0.15) is 79.3 Å². The van der Waals surface area contributed by atoms with Crippen LogP contribution in [-0.2, 0) is 102 Å². The summed E-state index contributed by atoms with van der Waals surface area (Å²) in [5.74, 6) is -21.6. The van der Waals surface area contributed by atoms with Crippen LogP contribution in [0.3, 0.4) is 0 Å². The molecule has 3 aromatic carbocycles. The van der Waals surface area contributed by atoms with Crippen molar-refractivity contribution in [3.63, 3.8) is 0 Å². The summed E-state index contributed by atoms with van der Waals surface area (Å²) in [5.41, 5.74) is 12.3. The number of carboxylic acid groups (broad SMARTS) is 1. The number of carboxylic acids is 1. The number of carbonyl (C=O) groups is 15. The predicted molar refractivity (Wildman–Crippen MR) is 412 cm³/mol. The lowest BCUT2D eigenvalue weighted by Gasteiger charge is -2.33. The maximum atomic E-state index is 15.3. The predicted octanol–water partition coefficient (Wildman–Crippen LogP) is -11.5. The van der Waals surface area contributed by atoms with Gasteiger partial charge >= 0.3 is 0 Å². The molecule has 4 bridgehead atoms. The number of hydrogen-bond acceptors (Lipinski definition) is 27. The molecule has 1 aromatic heterocycles. The molecule has 646 valence electrons. The molecule has 45 heteroatoms. The van der Waals surface area contributed by atoms with Crippen LogP contribution in [0.4, 0.5) is 0 Å². The van der Waals surface area contributed by atoms with Crippen molar-refractivity contribution >= 4 is 127 Å². The molecule has 3 aliphatic rings. The van der Waals surface area contributed by atoms with Crippen LogP contribution in [0.15, 0.2) is 118 Å². The summed E-state index contributed by atoms with van der Waals surface area (Å²) in [6, 6.07) is -2.43. The molecule has 43 nitrogen and oxygen atoms in total. The van der Waals surface area contributed by atoms with Gasteiger partial charge < -0.3 is 141 Å². The first-order chi connectivity index (χ1) is 56.3. The Bertz CT molecular complexity index is 4370. The fourth-order valence-corrected chi connectivity index (χ4v) is 12.8. The Morgan fingerprint density at radius 2 is 1.16 bits per heavy atom. The smallest absolute Gasteiger partial charge is 0.284 e. The van der Waals surface area contributed by atoms with E-state index < -0.39 is 294 Å². The summed E-state index contributed by atoms with van der Waals surface area (Å²) in [7, 11) is 0. The van der Waals surface area contributed by atoms with E-state index in [2.05, 4.69) is 90.3 Å². The molecule has 0 saturated carbocycles. The molecular formula is C74H94Br2N16O27. The number of primary amides is 2. The Labute approximate surface area is 694 Å². The molecule has 4 heterocycles. The highest BCUT2D eigenvalue weighted by molar-refractivity contribution is 9.10. The maximum Gasteiger partial charge on any atom is 0.284 e. The lowest BCUT2D eigenvalue weighted by atomic mass is 10.0. The minimum Gasteiger partial charge on any atom is -0.548 e. The topological polar surface area (TPSA) is 685 Å². The van der Waals surface area contributed by atoms with Crippen molar-refractivity contribution in [2.45, 2.75) is 187 Å². The molecule has 4 aromatic rings. The molecule has 19 atom stereocenters. The summed E-state index contributed by atoms with van der Waals surface area (Å²) >= 11 is 6.64. The first kappa shape index (κ1) is 94.9. The number of aliphatic carboxylic acids is 1. The van der Waals surface area contributed by atoms with E-state index in [1.807, 2.05) is 5.32 Å². The SMILES string of the molecule is CC(/C=C/c1ccc(Br)cc1)=C\[C@H](O)[C@@H]1CC(=O)N[C@@H](CO)C(=O)N[C@@H]2Cn3cc([n+](O[C@@H]4CO[C@@H](O)[C@@H](O)[C@@H]4O)c3)C[C@H](NC(=O)C[C@H](O)C[C@@H](C(=O)[O-])NC(=O)CCNC(=O)[C@H](Cc3ccc(Br)cc3)NC(=O)[C@H]([C@@H](O)C(N)=O)NC(=O)[C@H](CC(N)=O)NC2=O)C(=O)N[C@@H]([C@H](C)O)C(=O)N[C@@H](CO)C(=O)N[C@@H](Cc2ccccc2)C(=O)N1. The zero-order chi connectivity index (χ0) is 87.6. The third-order valence-corrected chi connectivity index (χ3v) is 19.7. The number of ether oxygens (including phenoxy) is 1. The number of aromatic nitrogens is 2. The maximum absolute atomic E-state index is 15.3. The van der Waals surface area contributed by atoms with Crippen LogP contribution in [0.1, 0.15) is 68.3 Å². The minimum absolute atomic E-state index is 0.320. The third kappa shape index (κ3) is 29.1. The fourth-order valence-electron chi connectivity index (χ4n) is 12.3. The fraction of sp³-hybridized carbons (Fsp3) is 0.459. The lowest BCUT2D eigenvalue weighted by Crippen LogP contribution is -2.64. The second kappa shape index (κ2) is 45.1. The summed E-state index contributed by atoms with van der Waals surface area (Å²) in [4.78, 5) is 219. The number of benzene rings is 3. The number of halogens is 2. The number of rotatable bonds is 18. The molecule has 0 aliphatic carbocycles. The highest BCUT2D eigenvalue weighted by Gasteiger charge is 2.44. The van der Waals surface area contributed by atoms with E-state index >= 15 is 9.59 Å². The van der Waals surface area contributed by atoms with Gasteiger partial charge in [0.15, 0.2) is 18.1 Å². The van der Waals surface area contributed by atoms with Crippen LogP contribution in [0.5, 0.6) is 0 Å². The van der Waals surface area contributed by atoms with E-state index in [1.165, 1.54) is 42.5 Å². The number of fused-ring (bicyclic) bond motifs is 2. The summed E-state index contributed by atoms with van der Waals surface area (Å²) in [6.45, 7) is -2.58. The highest BCUT2D eigenvalue weighted by atomic mass is 79.9. The molecule has 0 unspecified atom stereocenters. The zero-order valence-electron chi connectivity index (χ0n) is 63.7. The first-order valence-electron chi connectivity index (χ1n) is 36.9. The van der Waals surface area contributed by atoms with E-state index in [0.717, 1.165) is 28.5 Å². The van der Waals surface area contributed by atoms with E-state index in [9.17, 15) is 113 Å². The minimum atomic E-state index is -2.73. The molecule has 0 spiro atoms. The van der Waals surface area contributed by atoms with E-state index in [-0.39, 0.29) is 0 Å². The molecule has 14 amide bonds. The number of hydrogen-bond donors (Lipinski definition) is 23. The average molecular weight is 1800 g/mol. The summed E-state index contributed by atoms with van der Waals surface area (Å²) < 4.78 is 8.10. The van der Waals surface area contributed by atoms with Crippen LogP contribution in [0.2, 0.25) is 0 Å². The monoisotopic (exact) mass is 1800 g/mol. The third-order valence-electron chi connectivity index (χ3n) is 18.7. The van der Waals surface area contributed by atoms with Gasteiger partial charge in [0.25, 0.3) is 6.33 Å². The van der Waals surface area contributed by atoms with Gasteiger partial charge in [-0.3, -0.25) is 67.1 Å². The lowest BCUT2D eigenvalue weighted by molar-refractivity contribution is -0.905. The number of amides is 14. The van der Waals surface area contributed by atoms with Gasteiger partial charge in [-0.1, -0.05) is 110 Å². The molecule has 0 radical (unpaired) electrons. The largest absolute Gasteiger partial charge is 0.548 e. The number of aliphatic hydroxyl groups is 9.